The van der Waals surface area contributed by atoms with Gasteiger partial charge in [0.25, 0.3) is 0 Å². The van der Waals surface area contributed by atoms with Gasteiger partial charge in [0.1, 0.15) is 5.82 Å². The number of hydrogen-bond donors (Lipinski definition) is 1. The lowest BCUT2D eigenvalue weighted by Gasteiger charge is -2.17. The van der Waals surface area contributed by atoms with Crippen molar-refractivity contribution in [2.24, 2.45) is 7.05 Å². The molecule has 0 amide bonds. The summed E-state index contributed by atoms with van der Waals surface area (Å²) in [4.78, 5) is 1.83. The van der Waals surface area contributed by atoms with E-state index in [0.29, 0.717) is 23.6 Å². The fraction of sp³-hybridized carbons (Fsp3) is 0.250. The van der Waals surface area contributed by atoms with Crippen LogP contribution in [0.15, 0.2) is 30.5 Å². The van der Waals surface area contributed by atoms with Gasteiger partial charge in [0.2, 0.25) is 0 Å². The summed E-state index contributed by atoms with van der Waals surface area (Å²) >= 11 is 0. The van der Waals surface area contributed by atoms with Gasteiger partial charge < -0.3 is 10.6 Å². The zero-order valence-electron chi connectivity index (χ0n) is 9.89. The Bertz CT molecular complexity index is 521. The Balaban J connectivity index is 2.20. The van der Waals surface area contributed by atoms with Gasteiger partial charge in [0.15, 0.2) is 5.82 Å². The topological polar surface area (TPSA) is 47.1 Å². The Kier molecular flexibility index (Phi) is 2.99. The number of anilines is 2. The van der Waals surface area contributed by atoms with Gasteiger partial charge in [-0.25, -0.2) is 4.39 Å². The predicted molar refractivity (Wildman–Crippen MR) is 66.1 cm³/mol. The molecule has 1 aromatic heterocycles. The van der Waals surface area contributed by atoms with E-state index in [1.165, 1.54) is 6.07 Å². The first kappa shape index (κ1) is 11.4. The Morgan fingerprint density at radius 2 is 2.12 bits per heavy atom. The lowest BCUT2D eigenvalue weighted by molar-refractivity contribution is 0.607. The van der Waals surface area contributed by atoms with Crippen molar-refractivity contribution in [1.29, 1.82) is 0 Å². The first-order valence-corrected chi connectivity index (χ1v) is 5.31. The third kappa shape index (κ3) is 2.38. The third-order valence-corrected chi connectivity index (χ3v) is 2.56. The van der Waals surface area contributed by atoms with E-state index >= 15 is 0 Å². The number of rotatable bonds is 3. The smallest absolute Gasteiger partial charge is 0.173 e. The summed E-state index contributed by atoms with van der Waals surface area (Å²) in [6.07, 6.45) is 1.73. The molecular weight excluding hydrogens is 219 g/mol. The average Bonchev–Trinajstić information content (AvgIpc) is 2.61. The normalized spacial score (nSPS) is 10.5. The largest absolute Gasteiger partial charge is 0.394 e. The summed E-state index contributed by atoms with van der Waals surface area (Å²) in [6.45, 7) is 0.438. The van der Waals surface area contributed by atoms with Gasteiger partial charge in [-0.3, -0.25) is 4.68 Å². The van der Waals surface area contributed by atoms with E-state index in [2.05, 4.69) is 5.10 Å². The molecule has 0 aliphatic heterocycles. The van der Waals surface area contributed by atoms with Gasteiger partial charge in [0, 0.05) is 32.4 Å². The highest BCUT2D eigenvalue weighted by atomic mass is 19.1. The molecule has 1 aromatic carbocycles. The van der Waals surface area contributed by atoms with Crippen LogP contribution in [0.4, 0.5) is 15.9 Å². The van der Waals surface area contributed by atoms with E-state index in [0.717, 1.165) is 0 Å². The SMILES string of the molecule is CN(Cc1ccccc1F)c1nn(C)cc1N. The molecule has 5 heteroatoms. The summed E-state index contributed by atoms with van der Waals surface area (Å²) in [7, 11) is 3.64. The molecule has 0 aliphatic carbocycles. The predicted octanol–water partition coefficient (Wildman–Crippen LogP) is 1.78. The number of nitrogens with two attached hydrogens (primary N) is 1. The van der Waals surface area contributed by atoms with Crippen LogP contribution in [0, 0.1) is 5.82 Å². The minimum atomic E-state index is -0.214. The van der Waals surface area contributed by atoms with Gasteiger partial charge >= 0.3 is 0 Å². The fourth-order valence-electron chi connectivity index (χ4n) is 1.75. The second-order valence-electron chi connectivity index (χ2n) is 4.03. The van der Waals surface area contributed by atoms with E-state index in [1.807, 2.05) is 18.0 Å². The monoisotopic (exact) mass is 234 g/mol. The number of nitrogen functional groups attached to an aromatic ring is 1. The minimum Gasteiger partial charge on any atom is -0.394 e. The highest BCUT2D eigenvalue weighted by Crippen LogP contribution is 2.21. The summed E-state index contributed by atoms with van der Waals surface area (Å²) < 4.78 is 15.1. The first-order valence-electron chi connectivity index (χ1n) is 5.31. The zero-order valence-corrected chi connectivity index (χ0v) is 9.89. The van der Waals surface area contributed by atoms with Gasteiger partial charge in [-0.05, 0) is 6.07 Å². The second kappa shape index (κ2) is 4.45. The van der Waals surface area contributed by atoms with Crippen molar-refractivity contribution in [3.05, 3.63) is 41.8 Å². The highest BCUT2D eigenvalue weighted by Gasteiger charge is 2.11. The van der Waals surface area contributed by atoms with Gasteiger partial charge in [-0.1, -0.05) is 18.2 Å². The van der Waals surface area contributed by atoms with E-state index in [1.54, 1.807) is 30.1 Å². The molecule has 1 heterocycles. The molecule has 0 spiro atoms. The molecule has 2 N–H and O–H groups in total. The molecule has 90 valence electrons. The van der Waals surface area contributed by atoms with E-state index < -0.39 is 0 Å². The molecule has 17 heavy (non-hydrogen) atoms. The summed E-state index contributed by atoms with van der Waals surface area (Å²) in [5.41, 5.74) is 7.03. The maximum absolute atomic E-state index is 13.5. The summed E-state index contributed by atoms with van der Waals surface area (Å²) in [6, 6.07) is 6.69. The van der Waals surface area contributed by atoms with Crippen LogP contribution >= 0.6 is 0 Å². The molecule has 0 aliphatic rings. The van der Waals surface area contributed by atoms with Crippen molar-refractivity contribution in [3.63, 3.8) is 0 Å². The Morgan fingerprint density at radius 1 is 1.41 bits per heavy atom. The number of aryl methyl sites for hydroxylation is 1. The van der Waals surface area contributed by atoms with Gasteiger partial charge in [-0.2, -0.15) is 5.10 Å². The molecule has 0 unspecified atom stereocenters. The quantitative estimate of drug-likeness (QED) is 0.880. The maximum atomic E-state index is 13.5. The molecule has 2 rings (SSSR count). The molecule has 0 saturated heterocycles. The Labute approximate surface area is 99.5 Å². The fourth-order valence-corrected chi connectivity index (χ4v) is 1.75. The number of benzene rings is 1. The number of hydrogen-bond acceptors (Lipinski definition) is 3. The number of aromatic nitrogens is 2. The lowest BCUT2D eigenvalue weighted by Crippen LogP contribution is -2.19. The average molecular weight is 234 g/mol. The van der Waals surface area contributed by atoms with Crippen molar-refractivity contribution in [1.82, 2.24) is 9.78 Å². The van der Waals surface area contributed by atoms with Crippen LogP contribution in [-0.2, 0) is 13.6 Å². The van der Waals surface area contributed by atoms with Crippen LogP contribution in [0.25, 0.3) is 0 Å². The van der Waals surface area contributed by atoms with Gasteiger partial charge in [-0.15, -0.1) is 0 Å². The molecule has 2 aromatic rings. The molecular formula is C12H15FN4. The van der Waals surface area contributed by atoms with Crippen LogP contribution < -0.4 is 10.6 Å². The van der Waals surface area contributed by atoms with Crippen LogP contribution in [-0.4, -0.2) is 16.8 Å². The molecule has 0 radical (unpaired) electrons. The molecule has 0 atom stereocenters. The van der Waals surface area contributed by atoms with Crippen molar-refractivity contribution in [2.75, 3.05) is 17.7 Å². The molecule has 0 saturated carbocycles. The highest BCUT2D eigenvalue weighted by molar-refractivity contribution is 5.61. The van der Waals surface area contributed by atoms with E-state index in [-0.39, 0.29) is 5.82 Å². The van der Waals surface area contributed by atoms with E-state index in [9.17, 15) is 4.39 Å². The van der Waals surface area contributed by atoms with Crippen LogP contribution in [0.3, 0.4) is 0 Å². The van der Waals surface area contributed by atoms with Gasteiger partial charge in [0.05, 0.1) is 5.69 Å². The van der Waals surface area contributed by atoms with Crippen LogP contribution in [0.2, 0.25) is 0 Å². The van der Waals surface area contributed by atoms with Crippen molar-refractivity contribution < 1.29 is 4.39 Å². The lowest BCUT2D eigenvalue weighted by atomic mass is 10.2. The standard InChI is InChI=1S/C12H15FN4/c1-16(12-11(14)8-17(2)15-12)7-9-5-3-4-6-10(9)13/h3-6,8H,7,14H2,1-2H3. The minimum absolute atomic E-state index is 0.214. The third-order valence-electron chi connectivity index (χ3n) is 2.56. The first-order chi connectivity index (χ1) is 8.08. The Morgan fingerprint density at radius 3 is 2.71 bits per heavy atom. The zero-order chi connectivity index (χ0) is 12.4. The van der Waals surface area contributed by atoms with E-state index in [4.69, 9.17) is 5.73 Å². The van der Waals surface area contributed by atoms with Crippen molar-refractivity contribution in [2.45, 2.75) is 6.54 Å². The second-order valence-corrected chi connectivity index (χ2v) is 4.03. The van der Waals surface area contributed by atoms with Crippen molar-refractivity contribution >= 4 is 11.5 Å². The number of nitrogens with zero attached hydrogens (tertiary/aromatic N) is 3. The Hall–Kier alpha value is -2.04. The summed E-state index contributed by atoms with van der Waals surface area (Å²) in [5, 5.41) is 4.23. The summed E-state index contributed by atoms with van der Waals surface area (Å²) in [5.74, 6) is 0.449. The van der Waals surface area contributed by atoms with Crippen LogP contribution in [0.1, 0.15) is 5.56 Å². The molecule has 4 nitrogen and oxygen atoms in total. The number of halogens is 1. The van der Waals surface area contributed by atoms with Crippen molar-refractivity contribution in [3.8, 4) is 0 Å². The molecule has 0 fully saturated rings. The maximum Gasteiger partial charge on any atom is 0.173 e. The van der Waals surface area contributed by atoms with Crippen LogP contribution in [0.5, 0.6) is 0 Å². The molecule has 0 bridgehead atoms.